The number of hydrogen-bond acceptors (Lipinski definition) is 4. The van der Waals surface area contributed by atoms with Gasteiger partial charge in [-0.3, -0.25) is 4.79 Å². The molecule has 0 fully saturated rings. The molecule has 0 atom stereocenters. The van der Waals surface area contributed by atoms with Crippen LogP contribution in [0.4, 0.5) is 5.69 Å². The van der Waals surface area contributed by atoms with Crippen molar-refractivity contribution in [1.82, 2.24) is 0 Å². The molecule has 4 nitrogen and oxygen atoms in total. The van der Waals surface area contributed by atoms with Crippen LogP contribution in [-0.2, 0) is 16.1 Å². The molecule has 1 aliphatic rings. The van der Waals surface area contributed by atoms with Crippen molar-refractivity contribution in [1.29, 1.82) is 0 Å². The van der Waals surface area contributed by atoms with E-state index in [0.717, 1.165) is 33.5 Å². The van der Waals surface area contributed by atoms with Gasteiger partial charge in [0, 0.05) is 5.56 Å². The van der Waals surface area contributed by atoms with Gasteiger partial charge in [-0.1, -0.05) is 44.2 Å². The van der Waals surface area contributed by atoms with Crippen molar-refractivity contribution < 1.29 is 14.3 Å². The predicted octanol–water partition coefficient (Wildman–Crippen LogP) is 5.65. The van der Waals surface area contributed by atoms with Crippen molar-refractivity contribution in [3.05, 3.63) is 87.6 Å². The first-order chi connectivity index (χ1) is 14.5. The summed E-state index contributed by atoms with van der Waals surface area (Å²) in [7, 11) is 1.37. The van der Waals surface area contributed by atoms with Crippen LogP contribution in [-0.4, -0.2) is 19.0 Å². The fourth-order valence-electron chi connectivity index (χ4n) is 3.98. The highest BCUT2D eigenvalue weighted by Crippen LogP contribution is 2.43. The van der Waals surface area contributed by atoms with Crippen LogP contribution in [0.15, 0.2) is 65.4 Å². The lowest BCUT2D eigenvalue weighted by atomic mass is 9.89. The molecule has 4 rings (SSSR count). The van der Waals surface area contributed by atoms with E-state index in [0.29, 0.717) is 12.1 Å². The molecule has 0 saturated carbocycles. The Hall–Kier alpha value is -3.18. The molecular weight excluding hydrogens is 394 g/mol. The van der Waals surface area contributed by atoms with Gasteiger partial charge in [-0.2, -0.15) is 11.3 Å². The Morgan fingerprint density at radius 2 is 1.87 bits per heavy atom. The number of ether oxygens (including phenoxy) is 1. The third kappa shape index (κ3) is 3.57. The minimum Gasteiger partial charge on any atom is -0.465 e. The first-order valence-electron chi connectivity index (χ1n) is 9.86. The highest BCUT2D eigenvalue weighted by atomic mass is 32.1. The third-order valence-corrected chi connectivity index (χ3v) is 5.97. The van der Waals surface area contributed by atoms with Crippen molar-refractivity contribution in [2.24, 2.45) is 5.92 Å². The van der Waals surface area contributed by atoms with E-state index in [1.54, 1.807) is 28.4 Å². The zero-order chi connectivity index (χ0) is 21.3. The smallest absolute Gasteiger partial charge is 0.337 e. The molecule has 1 aliphatic heterocycles. The number of hydrogen-bond donors (Lipinski definition) is 0. The number of para-hydroxylation sites is 1. The van der Waals surface area contributed by atoms with Gasteiger partial charge < -0.3 is 9.64 Å². The van der Waals surface area contributed by atoms with Gasteiger partial charge in [-0.25, -0.2) is 4.79 Å². The Bertz CT molecular complexity index is 1130. The van der Waals surface area contributed by atoms with Crippen LogP contribution >= 0.6 is 11.3 Å². The highest BCUT2D eigenvalue weighted by Gasteiger charge is 2.35. The van der Waals surface area contributed by atoms with E-state index in [2.05, 4.69) is 25.3 Å². The molecule has 0 radical (unpaired) electrons. The molecule has 0 bridgehead atoms. The summed E-state index contributed by atoms with van der Waals surface area (Å²) in [5.74, 6) is -0.186. The van der Waals surface area contributed by atoms with E-state index in [9.17, 15) is 9.59 Å². The Kier molecular flexibility index (Phi) is 5.55. The summed E-state index contributed by atoms with van der Waals surface area (Å²) in [6.07, 6.45) is 0. The highest BCUT2D eigenvalue weighted by molar-refractivity contribution is 7.08. The lowest BCUT2D eigenvalue weighted by Gasteiger charge is -2.18. The topological polar surface area (TPSA) is 46.6 Å². The number of rotatable bonds is 5. The van der Waals surface area contributed by atoms with Crippen molar-refractivity contribution in [2.45, 2.75) is 20.4 Å². The third-order valence-electron chi connectivity index (χ3n) is 5.29. The average molecular weight is 418 g/mol. The van der Waals surface area contributed by atoms with Crippen molar-refractivity contribution in [2.75, 3.05) is 12.0 Å². The lowest BCUT2D eigenvalue weighted by molar-refractivity contribution is -0.113. The maximum absolute atomic E-state index is 13.7. The van der Waals surface area contributed by atoms with E-state index in [1.165, 1.54) is 7.11 Å². The van der Waals surface area contributed by atoms with Crippen LogP contribution in [0.5, 0.6) is 0 Å². The van der Waals surface area contributed by atoms with E-state index in [1.807, 2.05) is 41.8 Å². The number of esters is 1. The number of carbonyl (C=O) groups is 2. The number of benzene rings is 2. The number of methoxy groups -OCH3 is 1. The Morgan fingerprint density at radius 1 is 1.07 bits per heavy atom. The Morgan fingerprint density at radius 3 is 2.57 bits per heavy atom. The quantitative estimate of drug-likeness (QED) is 0.398. The summed E-state index contributed by atoms with van der Waals surface area (Å²) in [5.41, 5.74) is 6.15. The summed E-state index contributed by atoms with van der Waals surface area (Å²) in [6, 6.07) is 17.2. The van der Waals surface area contributed by atoms with Crippen molar-refractivity contribution >= 4 is 40.0 Å². The standard InChI is InChI=1S/C25H23NO3S/c1-16(2)22(19-11-12-30-15-19)23-20-9-4-5-10-21(20)26(24(23)27)14-17-7-6-8-18(13-17)25(28)29-3/h4-13,15-16H,14H2,1-3H3/b23-22+. The summed E-state index contributed by atoms with van der Waals surface area (Å²) in [4.78, 5) is 27.4. The molecule has 0 spiro atoms. The second-order valence-corrected chi connectivity index (χ2v) is 8.34. The second kappa shape index (κ2) is 8.28. The van der Waals surface area contributed by atoms with Gasteiger partial charge in [-0.05, 0) is 57.6 Å². The molecule has 0 saturated heterocycles. The minimum absolute atomic E-state index is 0.00503. The Labute approximate surface area is 180 Å². The van der Waals surface area contributed by atoms with Gasteiger partial charge in [0.2, 0.25) is 0 Å². The van der Waals surface area contributed by atoms with Gasteiger partial charge in [-0.15, -0.1) is 0 Å². The van der Waals surface area contributed by atoms with Crippen LogP contribution in [0.25, 0.3) is 11.1 Å². The lowest BCUT2D eigenvalue weighted by Crippen LogP contribution is -2.26. The van der Waals surface area contributed by atoms with Gasteiger partial charge in [0.1, 0.15) is 0 Å². The monoisotopic (exact) mass is 417 g/mol. The summed E-state index contributed by atoms with van der Waals surface area (Å²) in [6.45, 7) is 4.63. The number of thiophene rings is 1. The van der Waals surface area contributed by atoms with E-state index in [-0.39, 0.29) is 17.8 Å². The molecule has 0 unspecified atom stereocenters. The molecule has 1 aromatic heterocycles. The zero-order valence-corrected chi connectivity index (χ0v) is 18.0. The van der Waals surface area contributed by atoms with Crippen molar-refractivity contribution in [3.63, 3.8) is 0 Å². The maximum atomic E-state index is 13.7. The number of fused-ring (bicyclic) bond motifs is 1. The number of nitrogens with zero attached hydrogens (tertiary/aromatic N) is 1. The van der Waals surface area contributed by atoms with E-state index in [4.69, 9.17) is 4.74 Å². The van der Waals surface area contributed by atoms with E-state index < -0.39 is 0 Å². The molecule has 3 aromatic rings. The molecule has 2 aromatic carbocycles. The molecule has 2 heterocycles. The van der Waals surface area contributed by atoms with Crippen LogP contribution in [0.1, 0.15) is 40.9 Å². The van der Waals surface area contributed by atoms with Gasteiger partial charge in [0.25, 0.3) is 5.91 Å². The largest absolute Gasteiger partial charge is 0.465 e. The van der Waals surface area contributed by atoms with Gasteiger partial charge in [0.05, 0.1) is 30.5 Å². The first-order valence-corrected chi connectivity index (χ1v) is 10.8. The average Bonchev–Trinajstić information content (AvgIpc) is 3.37. The Balaban J connectivity index is 1.80. The number of carbonyl (C=O) groups excluding carboxylic acids is 2. The molecule has 5 heteroatoms. The summed E-state index contributed by atoms with van der Waals surface area (Å²) >= 11 is 1.63. The minimum atomic E-state index is -0.384. The molecule has 0 aliphatic carbocycles. The normalized spacial score (nSPS) is 14.8. The van der Waals surface area contributed by atoms with Crippen LogP contribution in [0.3, 0.4) is 0 Å². The molecule has 30 heavy (non-hydrogen) atoms. The van der Waals surface area contributed by atoms with Crippen LogP contribution in [0.2, 0.25) is 0 Å². The molecule has 152 valence electrons. The number of anilines is 1. The summed E-state index contributed by atoms with van der Waals surface area (Å²) < 4.78 is 4.83. The molecule has 1 amide bonds. The fourth-order valence-corrected chi connectivity index (χ4v) is 4.63. The van der Waals surface area contributed by atoms with Gasteiger partial charge in [0.15, 0.2) is 0 Å². The van der Waals surface area contributed by atoms with Crippen LogP contribution in [0, 0.1) is 5.92 Å². The fraction of sp³-hybridized carbons (Fsp3) is 0.200. The van der Waals surface area contributed by atoms with Crippen molar-refractivity contribution in [3.8, 4) is 0 Å². The van der Waals surface area contributed by atoms with Crippen LogP contribution < -0.4 is 4.90 Å². The number of amides is 1. The second-order valence-electron chi connectivity index (χ2n) is 7.56. The van der Waals surface area contributed by atoms with Gasteiger partial charge >= 0.3 is 5.97 Å². The predicted molar refractivity (Wildman–Crippen MR) is 121 cm³/mol. The first kappa shape index (κ1) is 20.1. The SMILES string of the molecule is COC(=O)c1cccc(CN2C(=O)/C(=C(/c3ccsc3)C(C)C)c3ccccc32)c1. The maximum Gasteiger partial charge on any atom is 0.337 e. The number of allylic oxidation sites excluding steroid dienone is 1. The summed E-state index contributed by atoms with van der Waals surface area (Å²) in [5, 5.41) is 4.14. The molecule has 0 N–H and O–H groups in total. The zero-order valence-electron chi connectivity index (χ0n) is 17.2. The molecular formula is C25H23NO3S. The van der Waals surface area contributed by atoms with E-state index >= 15 is 0 Å².